The number of aryl methyl sites for hydroxylation is 1. The Bertz CT molecular complexity index is 1010. The summed E-state index contributed by atoms with van der Waals surface area (Å²) in [6.07, 6.45) is 0. The molecule has 0 saturated heterocycles. The summed E-state index contributed by atoms with van der Waals surface area (Å²) in [5, 5.41) is 9.33. The lowest BCUT2D eigenvalue weighted by atomic mass is 10.0. The average Bonchev–Trinajstić information content (AvgIpc) is 3.22. The quantitative estimate of drug-likeness (QED) is 0.621. The monoisotopic (exact) mass is 409 g/mol. The molecule has 3 rings (SSSR count). The Balaban J connectivity index is 1.64. The maximum Gasteiger partial charge on any atom is 0.274 e. The van der Waals surface area contributed by atoms with Crippen molar-refractivity contribution >= 4 is 11.8 Å². The number of nitrogens with zero attached hydrogens (tertiary/aromatic N) is 1. The molecule has 1 aromatic heterocycles. The zero-order valence-corrected chi connectivity index (χ0v) is 17.1. The molecule has 6 nitrogen and oxygen atoms in total. The molecular formula is C23H24FN3O3. The highest BCUT2D eigenvalue weighted by atomic mass is 19.1. The number of carbonyl (C=O) groups excluding carboxylic acids is 2. The lowest BCUT2D eigenvalue weighted by Crippen LogP contribution is -2.49. The second kappa shape index (κ2) is 9.35. The third-order valence-corrected chi connectivity index (χ3v) is 4.69. The van der Waals surface area contributed by atoms with Crippen LogP contribution in [0.1, 0.15) is 35.5 Å². The molecule has 2 amide bonds. The van der Waals surface area contributed by atoms with Crippen LogP contribution in [0.25, 0.3) is 11.3 Å². The Labute approximate surface area is 174 Å². The van der Waals surface area contributed by atoms with E-state index in [1.165, 1.54) is 12.1 Å². The summed E-state index contributed by atoms with van der Waals surface area (Å²) in [5.74, 6) is -0.833. The van der Waals surface area contributed by atoms with Crippen molar-refractivity contribution in [2.45, 2.75) is 33.4 Å². The minimum Gasteiger partial charge on any atom is -0.355 e. The molecule has 0 saturated carbocycles. The van der Waals surface area contributed by atoms with Gasteiger partial charge in [-0.2, -0.15) is 0 Å². The van der Waals surface area contributed by atoms with Crippen molar-refractivity contribution in [3.8, 4) is 11.3 Å². The predicted molar refractivity (Wildman–Crippen MR) is 111 cm³/mol. The second-order valence-corrected chi connectivity index (χ2v) is 7.48. The van der Waals surface area contributed by atoms with Gasteiger partial charge in [0.2, 0.25) is 5.91 Å². The van der Waals surface area contributed by atoms with E-state index in [-0.39, 0.29) is 29.9 Å². The van der Waals surface area contributed by atoms with E-state index in [0.717, 1.165) is 16.7 Å². The summed E-state index contributed by atoms with van der Waals surface area (Å²) in [7, 11) is 0. The number of nitrogens with one attached hydrogen (secondary N) is 2. The van der Waals surface area contributed by atoms with E-state index in [1.54, 1.807) is 18.2 Å². The third kappa shape index (κ3) is 5.31. The molecule has 2 aromatic carbocycles. The summed E-state index contributed by atoms with van der Waals surface area (Å²) in [6, 6.07) is 14.3. The van der Waals surface area contributed by atoms with Gasteiger partial charge in [0.1, 0.15) is 11.9 Å². The van der Waals surface area contributed by atoms with Crippen LogP contribution in [-0.4, -0.2) is 23.0 Å². The van der Waals surface area contributed by atoms with Crippen LogP contribution in [0.15, 0.2) is 59.1 Å². The molecule has 7 heteroatoms. The minimum atomic E-state index is -0.752. The van der Waals surface area contributed by atoms with Crippen LogP contribution in [0.2, 0.25) is 0 Å². The van der Waals surface area contributed by atoms with Gasteiger partial charge in [0, 0.05) is 18.2 Å². The van der Waals surface area contributed by atoms with Gasteiger partial charge in [-0.15, -0.1) is 0 Å². The summed E-state index contributed by atoms with van der Waals surface area (Å²) in [6.45, 7) is 5.89. The van der Waals surface area contributed by atoms with E-state index in [9.17, 15) is 14.0 Å². The summed E-state index contributed by atoms with van der Waals surface area (Å²) in [5.41, 5.74) is 2.78. The van der Waals surface area contributed by atoms with Crippen LogP contribution in [0.5, 0.6) is 0 Å². The number of rotatable bonds is 7. The standard InChI is InChI=1S/C23H24FN3O3/c1-14(2)21(23(29)25-13-16-6-10-18(24)11-7-16)26-22(28)19-12-20(30-27-19)17-8-4-15(3)5-9-17/h4-12,14,21H,13H2,1-3H3,(H,25,29)(H,26,28)/t21-/m1/s1. The van der Waals surface area contributed by atoms with Crippen LogP contribution in [0, 0.1) is 18.7 Å². The van der Waals surface area contributed by atoms with Crippen molar-refractivity contribution in [2.24, 2.45) is 5.92 Å². The highest BCUT2D eigenvalue weighted by Crippen LogP contribution is 2.21. The average molecular weight is 409 g/mol. The van der Waals surface area contributed by atoms with Crippen molar-refractivity contribution < 1.29 is 18.5 Å². The molecule has 0 aliphatic rings. The molecule has 0 unspecified atom stereocenters. The first kappa shape index (κ1) is 21.2. The highest BCUT2D eigenvalue weighted by molar-refractivity contribution is 5.96. The molecular weight excluding hydrogens is 385 g/mol. The Kier molecular flexibility index (Phi) is 6.61. The molecule has 0 aliphatic carbocycles. The van der Waals surface area contributed by atoms with Crippen molar-refractivity contribution in [1.29, 1.82) is 0 Å². The van der Waals surface area contributed by atoms with Gasteiger partial charge in [-0.25, -0.2) is 4.39 Å². The molecule has 0 radical (unpaired) electrons. The maximum absolute atomic E-state index is 13.0. The number of amides is 2. The van der Waals surface area contributed by atoms with Crippen molar-refractivity contribution in [2.75, 3.05) is 0 Å². The lowest BCUT2D eigenvalue weighted by molar-refractivity contribution is -0.124. The van der Waals surface area contributed by atoms with Gasteiger partial charge in [-0.1, -0.05) is 61.0 Å². The van der Waals surface area contributed by atoms with Gasteiger partial charge < -0.3 is 15.2 Å². The number of carbonyl (C=O) groups is 2. The third-order valence-electron chi connectivity index (χ3n) is 4.69. The first-order valence-corrected chi connectivity index (χ1v) is 9.70. The molecule has 3 aromatic rings. The molecule has 0 bridgehead atoms. The van der Waals surface area contributed by atoms with Crippen molar-refractivity contribution in [1.82, 2.24) is 15.8 Å². The molecule has 0 fully saturated rings. The van der Waals surface area contributed by atoms with E-state index < -0.39 is 11.9 Å². The van der Waals surface area contributed by atoms with Gasteiger partial charge in [0.15, 0.2) is 11.5 Å². The topological polar surface area (TPSA) is 84.2 Å². The summed E-state index contributed by atoms with van der Waals surface area (Å²) in [4.78, 5) is 25.2. The molecule has 30 heavy (non-hydrogen) atoms. The summed E-state index contributed by atoms with van der Waals surface area (Å²) >= 11 is 0. The zero-order chi connectivity index (χ0) is 21.7. The van der Waals surface area contributed by atoms with Gasteiger partial charge in [-0.05, 0) is 30.5 Å². The number of hydrogen-bond acceptors (Lipinski definition) is 4. The lowest BCUT2D eigenvalue weighted by Gasteiger charge is -2.21. The highest BCUT2D eigenvalue weighted by Gasteiger charge is 2.26. The van der Waals surface area contributed by atoms with E-state index in [2.05, 4.69) is 15.8 Å². The number of halogens is 1. The Morgan fingerprint density at radius 2 is 1.73 bits per heavy atom. The second-order valence-electron chi connectivity index (χ2n) is 7.48. The molecule has 2 N–H and O–H groups in total. The molecule has 1 heterocycles. The summed E-state index contributed by atoms with van der Waals surface area (Å²) < 4.78 is 18.3. The predicted octanol–water partition coefficient (Wildman–Crippen LogP) is 3.86. The first-order chi connectivity index (χ1) is 14.3. The normalized spacial score (nSPS) is 11.9. The van der Waals surface area contributed by atoms with E-state index in [4.69, 9.17) is 4.52 Å². The zero-order valence-electron chi connectivity index (χ0n) is 17.1. The fourth-order valence-electron chi connectivity index (χ4n) is 2.89. The Morgan fingerprint density at radius 1 is 1.07 bits per heavy atom. The number of benzene rings is 2. The van der Waals surface area contributed by atoms with E-state index in [0.29, 0.717) is 5.76 Å². The van der Waals surface area contributed by atoms with Gasteiger partial charge in [0.05, 0.1) is 0 Å². The molecule has 0 aliphatic heterocycles. The Morgan fingerprint density at radius 3 is 2.37 bits per heavy atom. The van der Waals surface area contributed by atoms with E-state index >= 15 is 0 Å². The SMILES string of the molecule is Cc1ccc(-c2cc(C(=O)N[C@@H](C(=O)NCc3ccc(F)cc3)C(C)C)no2)cc1. The van der Waals surface area contributed by atoms with Crippen LogP contribution < -0.4 is 10.6 Å². The van der Waals surface area contributed by atoms with Crippen LogP contribution >= 0.6 is 0 Å². The van der Waals surface area contributed by atoms with E-state index in [1.807, 2.05) is 45.0 Å². The number of aromatic nitrogens is 1. The Hall–Kier alpha value is -3.48. The fraction of sp³-hybridized carbons (Fsp3) is 0.261. The smallest absolute Gasteiger partial charge is 0.274 e. The molecule has 0 spiro atoms. The van der Waals surface area contributed by atoms with Crippen LogP contribution in [0.3, 0.4) is 0 Å². The van der Waals surface area contributed by atoms with Crippen LogP contribution in [-0.2, 0) is 11.3 Å². The minimum absolute atomic E-state index is 0.0996. The molecule has 156 valence electrons. The molecule has 1 atom stereocenters. The van der Waals surface area contributed by atoms with Crippen molar-refractivity contribution in [3.63, 3.8) is 0 Å². The van der Waals surface area contributed by atoms with Gasteiger partial charge in [-0.3, -0.25) is 9.59 Å². The first-order valence-electron chi connectivity index (χ1n) is 9.70. The van der Waals surface area contributed by atoms with Gasteiger partial charge in [0.25, 0.3) is 5.91 Å². The van der Waals surface area contributed by atoms with Crippen molar-refractivity contribution in [3.05, 3.63) is 77.2 Å². The maximum atomic E-state index is 13.0. The van der Waals surface area contributed by atoms with Crippen LogP contribution in [0.4, 0.5) is 4.39 Å². The van der Waals surface area contributed by atoms with Gasteiger partial charge >= 0.3 is 0 Å². The fourth-order valence-corrected chi connectivity index (χ4v) is 2.89. The number of hydrogen-bond donors (Lipinski definition) is 2. The largest absolute Gasteiger partial charge is 0.355 e.